The highest BCUT2D eigenvalue weighted by molar-refractivity contribution is 6.00. The molecule has 0 saturated heterocycles. The standard InChI is InChI=1S/C21H27N3O4/c1-4-27-17-11-9-16(10-12-17)23-20(25)15-22-21(26)18-7-5-6-8-19(18)28-14-13-24(2)3/h5-12H,4,13-15H2,1-3H3,(H,22,26)(H,23,25). The molecule has 0 aliphatic heterocycles. The highest BCUT2D eigenvalue weighted by Crippen LogP contribution is 2.18. The van der Waals surface area contributed by atoms with E-state index in [4.69, 9.17) is 9.47 Å². The second kappa shape index (κ2) is 10.9. The van der Waals surface area contributed by atoms with E-state index >= 15 is 0 Å². The lowest BCUT2D eigenvalue weighted by Gasteiger charge is -2.14. The zero-order valence-corrected chi connectivity index (χ0v) is 16.5. The maximum Gasteiger partial charge on any atom is 0.255 e. The lowest BCUT2D eigenvalue weighted by Crippen LogP contribution is -2.33. The molecule has 0 aromatic heterocycles. The number of likely N-dealkylation sites (N-methyl/N-ethyl adjacent to an activating group) is 1. The summed E-state index contributed by atoms with van der Waals surface area (Å²) in [4.78, 5) is 26.5. The van der Waals surface area contributed by atoms with Gasteiger partial charge in [-0.05, 0) is 57.4 Å². The van der Waals surface area contributed by atoms with Crippen molar-refractivity contribution in [3.63, 3.8) is 0 Å². The third-order valence-electron chi connectivity index (χ3n) is 3.79. The fourth-order valence-electron chi connectivity index (χ4n) is 2.38. The van der Waals surface area contributed by atoms with Crippen LogP contribution in [0.2, 0.25) is 0 Å². The average molecular weight is 385 g/mol. The van der Waals surface area contributed by atoms with Crippen LogP contribution in [-0.4, -0.2) is 57.1 Å². The lowest BCUT2D eigenvalue weighted by molar-refractivity contribution is -0.115. The highest BCUT2D eigenvalue weighted by atomic mass is 16.5. The SMILES string of the molecule is CCOc1ccc(NC(=O)CNC(=O)c2ccccc2OCCN(C)C)cc1. The van der Waals surface area contributed by atoms with E-state index in [2.05, 4.69) is 10.6 Å². The van der Waals surface area contributed by atoms with E-state index in [1.807, 2.05) is 25.9 Å². The topological polar surface area (TPSA) is 79.9 Å². The summed E-state index contributed by atoms with van der Waals surface area (Å²) in [7, 11) is 3.90. The summed E-state index contributed by atoms with van der Waals surface area (Å²) in [5.41, 5.74) is 1.03. The number of nitrogens with one attached hydrogen (secondary N) is 2. The summed E-state index contributed by atoms with van der Waals surface area (Å²) >= 11 is 0. The number of rotatable bonds is 10. The van der Waals surface area contributed by atoms with Crippen molar-refractivity contribution in [2.75, 3.05) is 45.7 Å². The first-order chi connectivity index (χ1) is 13.5. The molecule has 150 valence electrons. The number of nitrogens with zero attached hydrogens (tertiary/aromatic N) is 1. The van der Waals surface area contributed by atoms with Crippen LogP contribution >= 0.6 is 0 Å². The van der Waals surface area contributed by atoms with E-state index in [0.29, 0.717) is 30.2 Å². The van der Waals surface area contributed by atoms with Gasteiger partial charge in [-0.3, -0.25) is 9.59 Å². The van der Waals surface area contributed by atoms with Gasteiger partial charge in [-0.2, -0.15) is 0 Å². The van der Waals surface area contributed by atoms with Crippen LogP contribution in [0.5, 0.6) is 11.5 Å². The average Bonchev–Trinajstić information content (AvgIpc) is 2.68. The maximum absolute atomic E-state index is 12.4. The molecule has 2 aromatic carbocycles. The number of benzene rings is 2. The van der Waals surface area contributed by atoms with Gasteiger partial charge in [0.1, 0.15) is 18.1 Å². The normalized spacial score (nSPS) is 10.4. The molecule has 0 aliphatic rings. The zero-order chi connectivity index (χ0) is 20.4. The number of ether oxygens (including phenoxy) is 2. The maximum atomic E-state index is 12.4. The number of hydrogen-bond acceptors (Lipinski definition) is 5. The smallest absolute Gasteiger partial charge is 0.255 e. The molecule has 7 nitrogen and oxygen atoms in total. The minimum atomic E-state index is -0.359. The van der Waals surface area contributed by atoms with E-state index in [0.717, 1.165) is 12.3 Å². The first-order valence-corrected chi connectivity index (χ1v) is 9.17. The molecule has 2 aromatic rings. The predicted molar refractivity (Wildman–Crippen MR) is 109 cm³/mol. The van der Waals surface area contributed by atoms with Crippen LogP contribution in [0.25, 0.3) is 0 Å². The van der Waals surface area contributed by atoms with Crippen LogP contribution in [0.3, 0.4) is 0 Å². The highest BCUT2D eigenvalue weighted by Gasteiger charge is 2.13. The van der Waals surface area contributed by atoms with Crippen LogP contribution in [0.1, 0.15) is 17.3 Å². The van der Waals surface area contributed by atoms with Gasteiger partial charge in [-0.15, -0.1) is 0 Å². The third kappa shape index (κ3) is 6.92. The Morgan fingerprint density at radius 1 is 1.00 bits per heavy atom. The van der Waals surface area contributed by atoms with Gasteiger partial charge in [0.25, 0.3) is 5.91 Å². The van der Waals surface area contributed by atoms with Crippen LogP contribution in [0.4, 0.5) is 5.69 Å². The molecular formula is C21H27N3O4. The van der Waals surface area contributed by atoms with Gasteiger partial charge in [0.05, 0.1) is 18.7 Å². The Morgan fingerprint density at radius 3 is 2.39 bits per heavy atom. The van der Waals surface area contributed by atoms with Crippen LogP contribution in [0.15, 0.2) is 48.5 Å². The van der Waals surface area contributed by atoms with Crippen molar-refractivity contribution in [3.8, 4) is 11.5 Å². The Balaban J connectivity index is 1.86. The molecule has 2 rings (SSSR count). The molecule has 0 aliphatic carbocycles. The van der Waals surface area contributed by atoms with Crippen molar-refractivity contribution in [2.24, 2.45) is 0 Å². The van der Waals surface area contributed by atoms with Crippen molar-refractivity contribution in [1.82, 2.24) is 10.2 Å². The first-order valence-electron chi connectivity index (χ1n) is 9.17. The largest absolute Gasteiger partial charge is 0.494 e. The molecule has 0 saturated carbocycles. The molecule has 2 N–H and O–H groups in total. The molecular weight excluding hydrogens is 358 g/mol. The Bertz CT molecular complexity index is 775. The third-order valence-corrected chi connectivity index (χ3v) is 3.79. The monoisotopic (exact) mass is 385 g/mol. The van der Waals surface area contributed by atoms with E-state index in [-0.39, 0.29) is 18.4 Å². The van der Waals surface area contributed by atoms with Crippen molar-refractivity contribution in [3.05, 3.63) is 54.1 Å². The summed E-state index contributed by atoms with van der Waals surface area (Å²) < 4.78 is 11.0. The zero-order valence-electron chi connectivity index (χ0n) is 16.5. The summed E-state index contributed by atoms with van der Waals surface area (Å²) in [6.07, 6.45) is 0. The molecule has 0 heterocycles. The van der Waals surface area contributed by atoms with Crippen molar-refractivity contribution in [1.29, 1.82) is 0 Å². The molecule has 28 heavy (non-hydrogen) atoms. The van der Waals surface area contributed by atoms with Gasteiger partial charge in [-0.1, -0.05) is 12.1 Å². The first kappa shape index (κ1) is 21.2. The van der Waals surface area contributed by atoms with Gasteiger partial charge in [0.15, 0.2) is 0 Å². The van der Waals surface area contributed by atoms with Crippen LogP contribution in [0, 0.1) is 0 Å². The van der Waals surface area contributed by atoms with Crippen LogP contribution in [-0.2, 0) is 4.79 Å². The quantitative estimate of drug-likeness (QED) is 0.657. The molecule has 0 unspecified atom stereocenters. The fraction of sp³-hybridized carbons (Fsp3) is 0.333. The fourth-order valence-corrected chi connectivity index (χ4v) is 2.38. The van der Waals surface area contributed by atoms with Crippen LogP contribution < -0.4 is 20.1 Å². The van der Waals surface area contributed by atoms with E-state index in [9.17, 15) is 9.59 Å². The van der Waals surface area contributed by atoms with Crippen molar-refractivity contribution < 1.29 is 19.1 Å². The van der Waals surface area contributed by atoms with Gasteiger partial charge in [0.2, 0.25) is 5.91 Å². The van der Waals surface area contributed by atoms with Crippen molar-refractivity contribution in [2.45, 2.75) is 6.92 Å². The van der Waals surface area contributed by atoms with Gasteiger partial charge in [-0.25, -0.2) is 0 Å². The van der Waals surface area contributed by atoms with Gasteiger partial charge in [0, 0.05) is 12.2 Å². The Labute approximate surface area is 165 Å². The minimum Gasteiger partial charge on any atom is -0.494 e. The molecule has 0 radical (unpaired) electrons. The van der Waals surface area contributed by atoms with E-state index < -0.39 is 0 Å². The molecule has 0 spiro atoms. The summed E-state index contributed by atoms with van der Waals surface area (Å²) in [6.45, 7) is 3.55. The molecule has 0 fully saturated rings. The second-order valence-corrected chi connectivity index (χ2v) is 6.34. The summed E-state index contributed by atoms with van der Waals surface area (Å²) in [6, 6.07) is 14.0. The number of amides is 2. The number of carbonyl (C=O) groups excluding carboxylic acids is 2. The number of hydrogen-bond donors (Lipinski definition) is 2. The van der Waals surface area contributed by atoms with Gasteiger partial charge >= 0.3 is 0 Å². The Kier molecular flexibility index (Phi) is 8.30. The van der Waals surface area contributed by atoms with E-state index in [1.165, 1.54) is 0 Å². The van der Waals surface area contributed by atoms with Crippen molar-refractivity contribution >= 4 is 17.5 Å². The molecule has 2 amide bonds. The molecule has 7 heteroatoms. The Hall–Kier alpha value is -3.06. The van der Waals surface area contributed by atoms with E-state index in [1.54, 1.807) is 48.5 Å². The number of para-hydroxylation sites is 1. The molecule has 0 atom stereocenters. The summed E-state index contributed by atoms with van der Waals surface area (Å²) in [5.74, 6) is 0.555. The second-order valence-electron chi connectivity index (χ2n) is 6.34. The minimum absolute atomic E-state index is 0.141. The number of anilines is 1. The summed E-state index contributed by atoms with van der Waals surface area (Å²) in [5, 5.41) is 5.36. The molecule has 0 bridgehead atoms. The predicted octanol–water partition coefficient (Wildman–Crippen LogP) is 2.39. The number of carbonyl (C=O) groups is 2. The van der Waals surface area contributed by atoms with Gasteiger partial charge < -0.3 is 25.0 Å². The lowest BCUT2D eigenvalue weighted by atomic mass is 10.2. The Morgan fingerprint density at radius 2 is 1.71 bits per heavy atom.